The van der Waals surface area contributed by atoms with Crippen molar-refractivity contribution in [3.63, 3.8) is 0 Å². The number of β-lactam (4-membered cyclic amide) rings is 1. The molecule has 0 aliphatic carbocycles. The van der Waals surface area contributed by atoms with Crippen molar-refractivity contribution in [2.45, 2.75) is 42.1 Å². The van der Waals surface area contributed by atoms with Crippen molar-refractivity contribution < 1.29 is 14.4 Å². The second-order valence-corrected chi connectivity index (χ2v) is 8.08. The highest BCUT2D eigenvalue weighted by atomic mass is 32.2. The van der Waals surface area contributed by atoms with Gasteiger partial charge in [0.1, 0.15) is 29.8 Å². The third-order valence-electron chi connectivity index (χ3n) is 4.38. The molecular formula is C16H19N3O3S. The number of carbonyl (C=O) groups excluding carboxylic acids is 3. The van der Waals surface area contributed by atoms with Gasteiger partial charge in [-0.3, -0.25) is 9.59 Å². The Labute approximate surface area is 138 Å². The summed E-state index contributed by atoms with van der Waals surface area (Å²) in [6.07, 6.45) is 0.804. The molecule has 2 saturated heterocycles. The molecule has 0 aromatic heterocycles. The number of nitrogens with two attached hydrogens (primary N) is 1. The number of aldehydes is 1. The summed E-state index contributed by atoms with van der Waals surface area (Å²) >= 11 is 1.53. The van der Waals surface area contributed by atoms with Gasteiger partial charge in [-0.05, 0) is 19.4 Å². The quantitative estimate of drug-likeness (QED) is 0.616. The summed E-state index contributed by atoms with van der Waals surface area (Å²) in [6, 6.07) is 7.11. The van der Waals surface area contributed by atoms with E-state index in [2.05, 4.69) is 5.32 Å². The molecule has 4 unspecified atom stereocenters. The van der Waals surface area contributed by atoms with Crippen LogP contribution in [-0.2, 0) is 14.4 Å². The maximum absolute atomic E-state index is 12.3. The predicted molar refractivity (Wildman–Crippen MR) is 87.5 cm³/mol. The van der Waals surface area contributed by atoms with Gasteiger partial charge in [-0.1, -0.05) is 30.3 Å². The molecule has 2 fully saturated rings. The van der Waals surface area contributed by atoms with E-state index in [1.807, 2.05) is 32.0 Å². The summed E-state index contributed by atoms with van der Waals surface area (Å²) in [6.45, 7) is 3.85. The predicted octanol–water partition coefficient (Wildman–Crippen LogP) is 0.432. The van der Waals surface area contributed by atoms with E-state index >= 15 is 0 Å². The maximum Gasteiger partial charge on any atom is 0.249 e. The Balaban J connectivity index is 1.69. The minimum Gasteiger partial charge on any atom is -0.340 e. The van der Waals surface area contributed by atoms with Gasteiger partial charge in [0.15, 0.2) is 0 Å². The molecule has 1 aromatic carbocycles. The van der Waals surface area contributed by atoms with Gasteiger partial charge < -0.3 is 20.7 Å². The molecule has 2 amide bonds. The summed E-state index contributed by atoms with van der Waals surface area (Å²) in [5.41, 5.74) is 6.65. The first-order valence-corrected chi connectivity index (χ1v) is 8.31. The highest BCUT2D eigenvalue weighted by Crippen LogP contribution is 2.50. The van der Waals surface area contributed by atoms with Crippen LogP contribution >= 0.6 is 11.8 Å². The minimum atomic E-state index is -0.820. The van der Waals surface area contributed by atoms with E-state index < -0.39 is 18.1 Å². The molecule has 0 bridgehead atoms. The lowest BCUT2D eigenvalue weighted by atomic mass is 9.96. The van der Waals surface area contributed by atoms with Gasteiger partial charge in [0.2, 0.25) is 11.8 Å². The Kier molecular flexibility index (Phi) is 3.93. The molecular weight excluding hydrogens is 314 g/mol. The normalized spacial score (nSPS) is 29.4. The highest BCUT2D eigenvalue weighted by molar-refractivity contribution is 8.01. The standard InChI is InChI=1S/C16H19N3O3S/c1-16(2)10(8-20)19-14(22)12(15(19)23-16)18-13(21)11(17)9-6-4-3-5-7-9/h3-8,10-12,15H,17H2,1-2H3,(H,18,21). The molecule has 1 aromatic rings. The molecule has 122 valence electrons. The SMILES string of the molecule is CC1(C)SC2C(NC(=O)C(N)c3ccccc3)C(=O)N2C1C=O. The van der Waals surface area contributed by atoms with Crippen molar-refractivity contribution in [2.24, 2.45) is 5.73 Å². The number of amides is 2. The van der Waals surface area contributed by atoms with E-state index in [-0.39, 0.29) is 21.9 Å². The molecule has 4 atom stereocenters. The zero-order valence-corrected chi connectivity index (χ0v) is 13.7. The van der Waals surface area contributed by atoms with Gasteiger partial charge in [-0.15, -0.1) is 11.8 Å². The molecule has 0 saturated carbocycles. The lowest BCUT2D eigenvalue weighted by molar-refractivity contribution is -0.152. The largest absolute Gasteiger partial charge is 0.340 e. The number of thioether (sulfide) groups is 1. The minimum absolute atomic E-state index is 0.209. The number of rotatable bonds is 4. The van der Waals surface area contributed by atoms with Crippen molar-refractivity contribution in [3.8, 4) is 0 Å². The number of hydrogen-bond donors (Lipinski definition) is 2. The number of nitrogens with zero attached hydrogens (tertiary/aromatic N) is 1. The zero-order valence-electron chi connectivity index (χ0n) is 12.9. The molecule has 23 heavy (non-hydrogen) atoms. The van der Waals surface area contributed by atoms with Crippen LogP contribution in [0.4, 0.5) is 0 Å². The zero-order chi connectivity index (χ0) is 16.8. The number of fused-ring (bicyclic) bond motifs is 1. The van der Waals surface area contributed by atoms with E-state index in [1.165, 1.54) is 11.8 Å². The van der Waals surface area contributed by atoms with Crippen LogP contribution in [0.15, 0.2) is 30.3 Å². The summed E-state index contributed by atoms with van der Waals surface area (Å²) < 4.78 is -0.358. The third-order valence-corrected chi connectivity index (χ3v) is 5.97. The van der Waals surface area contributed by atoms with Crippen molar-refractivity contribution >= 4 is 29.9 Å². The lowest BCUT2D eigenvalue weighted by Crippen LogP contribution is -2.70. The number of hydrogen-bond acceptors (Lipinski definition) is 5. The number of nitrogens with one attached hydrogen (secondary N) is 1. The molecule has 0 radical (unpaired) electrons. The molecule has 2 aliphatic heterocycles. The van der Waals surface area contributed by atoms with Crippen LogP contribution in [0.1, 0.15) is 25.5 Å². The third kappa shape index (κ3) is 2.53. The first-order valence-electron chi connectivity index (χ1n) is 7.43. The van der Waals surface area contributed by atoms with Crippen LogP contribution < -0.4 is 11.1 Å². The van der Waals surface area contributed by atoms with E-state index in [1.54, 1.807) is 17.0 Å². The average Bonchev–Trinajstić information content (AvgIpc) is 2.79. The fraction of sp³-hybridized carbons (Fsp3) is 0.438. The summed E-state index contributed by atoms with van der Waals surface area (Å²) in [7, 11) is 0. The first-order chi connectivity index (χ1) is 10.9. The van der Waals surface area contributed by atoms with Gasteiger partial charge >= 0.3 is 0 Å². The Morgan fingerprint density at radius 2 is 2.04 bits per heavy atom. The Hall–Kier alpha value is -1.86. The van der Waals surface area contributed by atoms with Gasteiger partial charge in [0.25, 0.3) is 0 Å². The van der Waals surface area contributed by atoms with Gasteiger partial charge in [-0.25, -0.2) is 0 Å². The molecule has 2 aliphatic rings. The van der Waals surface area contributed by atoms with Crippen LogP contribution in [0.3, 0.4) is 0 Å². The van der Waals surface area contributed by atoms with Gasteiger partial charge in [0, 0.05) is 4.75 Å². The van der Waals surface area contributed by atoms with Crippen LogP contribution in [0, 0.1) is 0 Å². The molecule has 0 spiro atoms. The summed E-state index contributed by atoms with van der Waals surface area (Å²) in [5, 5.41) is 2.52. The van der Waals surface area contributed by atoms with Crippen molar-refractivity contribution in [1.82, 2.24) is 10.2 Å². The van der Waals surface area contributed by atoms with Crippen LogP contribution in [0.5, 0.6) is 0 Å². The lowest BCUT2D eigenvalue weighted by Gasteiger charge is -2.43. The second-order valence-electron chi connectivity index (χ2n) is 6.31. The fourth-order valence-electron chi connectivity index (χ4n) is 3.04. The van der Waals surface area contributed by atoms with Crippen LogP contribution in [0.2, 0.25) is 0 Å². The highest BCUT2D eigenvalue weighted by Gasteiger charge is 2.61. The van der Waals surface area contributed by atoms with Gasteiger partial charge in [0.05, 0.1) is 0 Å². The van der Waals surface area contributed by atoms with Crippen molar-refractivity contribution in [1.29, 1.82) is 0 Å². The van der Waals surface area contributed by atoms with E-state index in [9.17, 15) is 14.4 Å². The van der Waals surface area contributed by atoms with Gasteiger partial charge in [-0.2, -0.15) is 0 Å². The van der Waals surface area contributed by atoms with E-state index in [4.69, 9.17) is 5.73 Å². The Morgan fingerprint density at radius 3 is 2.65 bits per heavy atom. The maximum atomic E-state index is 12.3. The molecule has 3 rings (SSSR count). The smallest absolute Gasteiger partial charge is 0.249 e. The fourth-order valence-corrected chi connectivity index (χ4v) is 4.64. The summed E-state index contributed by atoms with van der Waals surface area (Å²) in [5.74, 6) is -0.610. The molecule has 3 N–H and O–H groups in total. The molecule has 6 nitrogen and oxygen atoms in total. The van der Waals surface area contributed by atoms with E-state index in [0.29, 0.717) is 5.56 Å². The van der Waals surface area contributed by atoms with Crippen molar-refractivity contribution in [2.75, 3.05) is 0 Å². The Morgan fingerprint density at radius 1 is 1.39 bits per heavy atom. The Bertz CT molecular complexity index is 649. The average molecular weight is 333 g/mol. The second kappa shape index (κ2) is 5.65. The number of carbonyl (C=O) groups is 3. The number of benzene rings is 1. The van der Waals surface area contributed by atoms with Crippen LogP contribution in [-0.4, -0.2) is 45.2 Å². The first kappa shape index (κ1) is 16.0. The van der Waals surface area contributed by atoms with E-state index in [0.717, 1.165) is 6.29 Å². The summed E-state index contributed by atoms with van der Waals surface area (Å²) in [4.78, 5) is 37.4. The topological polar surface area (TPSA) is 92.5 Å². The molecule has 7 heteroatoms. The monoisotopic (exact) mass is 333 g/mol. The van der Waals surface area contributed by atoms with Crippen LogP contribution in [0.25, 0.3) is 0 Å². The van der Waals surface area contributed by atoms with Crippen molar-refractivity contribution in [3.05, 3.63) is 35.9 Å². The molecule has 2 heterocycles.